The first-order chi connectivity index (χ1) is 52.0. The minimum Gasteiger partial charge on any atom is -0.456 e. The zero-order chi connectivity index (χ0) is 70.0. The highest BCUT2D eigenvalue weighted by Gasteiger charge is 2.31. The molecular weight excluding hydrogens is 1350 g/mol. The van der Waals surface area contributed by atoms with Gasteiger partial charge in [0.05, 0.1) is 45.2 Å². The molecule has 0 atom stereocenters. The number of pyridine rings is 2. The van der Waals surface area contributed by atoms with Crippen molar-refractivity contribution in [2.45, 2.75) is 0 Å². The van der Waals surface area contributed by atoms with Crippen LogP contribution in [0.3, 0.4) is 0 Å². The molecule has 0 amide bonds. The van der Waals surface area contributed by atoms with Crippen molar-refractivity contribution in [2.24, 2.45) is 0 Å². The molecule has 1 N–H and O–H groups in total. The second-order valence-electron chi connectivity index (χ2n) is 26.1. The number of hydrogen-bond acceptors (Lipinski definition) is 4. The van der Waals surface area contributed by atoms with Gasteiger partial charge in [0, 0.05) is 87.7 Å². The van der Waals surface area contributed by atoms with Gasteiger partial charge < -0.3 is 19.0 Å². The third-order valence-corrected chi connectivity index (χ3v) is 20.1. The number of para-hydroxylation sites is 6. The van der Waals surface area contributed by atoms with Crippen LogP contribution in [0.5, 0.6) is 23.0 Å². The van der Waals surface area contributed by atoms with Crippen LogP contribution in [0, 0.1) is 0 Å². The van der Waals surface area contributed by atoms with Crippen LogP contribution in [-0.4, -0.2) is 19.5 Å². The van der Waals surface area contributed by atoms with Crippen molar-refractivity contribution < 1.29 is 9.47 Å². The maximum atomic E-state index is 6.68. The van der Waals surface area contributed by atoms with E-state index >= 15 is 0 Å². The molecule has 0 unspecified atom stereocenters. The number of halogens is 1. The second-order valence-corrected chi connectivity index (χ2v) is 27.0. The van der Waals surface area contributed by atoms with Crippen molar-refractivity contribution in [3.05, 3.63) is 393 Å². The number of nitrogens with zero attached hydrogens (tertiary/aromatic N) is 3. The van der Waals surface area contributed by atoms with Gasteiger partial charge in [-0.3, -0.25) is 0 Å². The van der Waals surface area contributed by atoms with Crippen molar-refractivity contribution >= 4 is 37.7 Å². The molecule has 0 saturated heterocycles. The van der Waals surface area contributed by atoms with Crippen LogP contribution in [0.15, 0.2) is 393 Å². The van der Waals surface area contributed by atoms with Crippen LogP contribution in [0.25, 0.3) is 162 Å². The van der Waals surface area contributed by atoms with E-state index in [1.54, 1.807) is 0 Å². The van der Waals surface area contributed by atoms with E-state index in [9.17, 15) is 0 Å². The highest BCUT2D eigenvalue weighted by Crippen LogP contribution is 2.54. The van der Waals surface area contributed by atoms with Gasteiger partial charge in [0.25, 0.3) is 0 Å². The van der Waals surface area contributed by atoms with E-state index in [1.165, 1.54) is 49.7 Å². The zero-order valence-electron chi connectivity index (χ0n) is 57.0. The van der Waals surface area contributed by atoms with Crippen molar-refractivity contribution in [3.8, 4) is 163 Å². The number of ether oxygens (including phenoxy) is 2. The molecule has 0 bridgehead atoms. The summed E-state index contributed by atoms with van der Waals surface area (Å²) in [6.07, 6.45) is 0. The lowest BCUT2D eigenvalue weighted by atomic mass is 9.96. The summed E-state index contributed by atoms with van der Waals surface area (Å²) in [5.41, 5.74) is 29.9. The van der Waals surface area contributed by atoms with Gasteiger partial charge in [-0.25, -0.2) is 9.97 Å². The number of H-pyrrole nitrogens is 1. The lowest BCUT2D eigenvalue weighted by Gasteiger charge is -2.17. The monoisotopic (exact) mass is 1410 g/mol. The smallest absolute Gasteiger partial charge is 0.136 e. The number of rotatable bonds is 9. The molecule has 6 heterocycles. The van der Waals surface area contributed by atoms with Gasteiger partial charge in [-0.1, -0.05) is 319 Å². The summed E-state index contributed by atoms with van der Waals surface area (Å²) in [5.74, 6) is 3.45. The van der Waals surface area contributed by atoms with Gasteiger partial charge in [0.15, 0.2) is 0 Å². The molecule has 0 fully saturated rings. The van der Waals surface area contributed by atoms with E-state index in [0.29, 0.717) is 0 Å². The number of hydrogen-bond donors (Lipinski definition) is 1. The van der Waals surface area contributed by atoms with Gasteiger partial charge in [-0.15, -0.1) is 0 Å². The van der Waals surface area contributed by atoms with E-state index in [4.69, 9.17) is 19.4 Å². The Morgan fingerprint density at radius 3 is 1.10 bits per heavy atom. The number of benzene rings is 14. The highest BCUT2D eigenvalue weighted by molar-refractivity contribution is 9.10. The Hall–Kier alpha value is -13.5. The first kappa shape index (κ1) is 63.7. The fraction of sp³-hybridized carbons (Fsp3) is 0. The summed E-state index contributed by atoms with van der Waals surface area (Å²) in [6, 6.07) is 135. The minimum atomic E-state index is 0.837. The number of fused-ring (bicyclic) bond motifs is 14. The normalized spacial score (nSPS) is 11.4. The molecule has 7 heteroatoms. The largest absolute Gasteiger partial charge is 0.456 e. The summed E-state index contributed by atoms with van der Waals surface area (Å²) < 4.78 is 16.5. The van der Waals surface area contributed by atoms with E-state index < -0.39 is 0 Å². The van der Waals surface area contributed by atoms with Gasteiger partial charge in [-0.05, 0) is 118 Å². The standard InChI is InChI=1S/C49H32N2O.C26H17NO.C23H16BrN/c1-4-16-33(17-5-1)39-26-15-27-42-47-40-24-10-12-28-45(40)52-46-29-13-11-25-41(46)49(47)51(48(39)42)38-23-14-22-36(30-38)37-31-43(34-18-6-2-7-19-34)50-44(32-37)35-20-8-3-9-21-35;1-2-9-17(10-3-1)18-13-8-14-21-24-19-11-4-6-15-22(19)28-23-16-7-5-12-20(23)26(24)27-25(18)21;24-21-13-7-12-19(14-21)20-15-22(17-8-3-1-4-9-17)25-23(16-20)18-10-5-2-6-11-18/h1-32H;1-16,27H;1-16H. The average Bonchev–Trinajstić information content (AvgIpc) is 1.59. The lowest BCUT2D eigenvalue weighted by molar-refractivity contribution is 0.487. The highest BCUT2D eigenvalue weighted by atomic mass is 79.9. The van der Waals surface area contributed by atoms with Crippen LogP contribution >= 0.6 is 15.9 Å². The molecule has 18 aromatic rings. The number of aromatic amines is 1. The van der Waals surface area contributed by atoms with Crippen molar-refractivity contribution in [1.29, 1.82) is 0 Å². The number of nitrogens with one attached hydrogen (secondary N) is 1. The molecule has 4 aromatic heterocycles. The Morgan fingerprint density at radius 2 is 0.610 bits per heavy atom. The van der Waals surface area contributed by atoms with E-state index in [2.05, 4.69) is 323 Å². The van der Waals surface area contributed by atoms with Crippen LogP contribution in [0.2, 0.25) is 0 Å². The summed E-state index contributed by atoms with van der Waals surface area (Å²) in [7, 11) is 0. The molecule has 0 spiro atoms. The Kier molecular flexibility index (Phi) is 17.1. The average molecular weight is 1410 g/mol. The Morgan fingerprint density at radius 1 is 0.257 bits per heavy atom. The molecule has 496 valence electrons. The Bertz CT molecular complexity index is 6100. The fourth-order valence-corrected chi connectivity index (χ4v) is 15.1. The summed E-state index contributed by atoms with van der Waals surface area (Å²) in [6.45, 7) is 0. The second kappa shape index (κ2) is 28.2. The predicted molar refractivity (Wildman–Crippen MR) is 437 cm³/mol. The van der Waals surface area contributed by atoms with Gasteiger partial charge in [-0.2, -0.15) is 0 Å². The lowest BCUT2D eigenvalue weighted by Crippen LogP contribution is -2.00. The molecule has 20 rings (SSSR count). The molecule has 105 heavy (non-hydrogen) atoms. The maximum Gasteiger partial charge on any atom is 0.136 e. The quantitative estimate of drug-likeness (QED) is 0.156. The molecule has 0 aliphatic carbocycles. The van der Waals surface area contributed by atoms with E-state index in [-0.39, 0.29) is 0 Å². The fourth-order valence-electron chi connectivity index (χ4n) is 14.7. The van der Waals surface area contributed by atoms with Crippen molar-refractivity contribution in [3.63, 3.8) is 0 Å². The van der Waals surface area contributed by atoms with Crippen LogP contribution in [0.1, 0.15) is 0 Å². The topological polar surface area (TPSA) is 65.0 Å². The third kappa shape index (κ3) is 12.5. The summed E-state index contributed by atoms with van der Waals surface area (Å²) in [4.78, 5) is 13.8. The first-order valence-electron chi connectivity index (χ1n) is 35.3. The molecule has 2 aliphatic heterocycles. The summed E-state index contributed by atoms with van der Waals surface area (Å²) >= 11 is 3.57. The maximum absolute atomic E-state index is 6.68. The Labute approximate surface area is 618 Å². The molecule has 2 aliphatic rings. The first-order valence-corrected chi connectivity index (χ1v) is 36.1. The van der Waals surface area contributed by atoms with Gasteiger partial charge >= 0.3 is 0 Å². The molecule has 0 saturated carbocycles. The minimum absolute atomic E-state index is 0.837. The van der Waals surface area contributed by atoms with Gasteiger partial charge in [0.1, 0.15) is 23.0 Å². The molecule has 14 aromatic carbocycles. The zero-order valence-corrected chi connectivity index (χ0v) is 58.6. The molecule has 6 nitrogen and oxygen atoms in total. The third-order valence-electron chi connectivity index (χ3n) is 19.6. The van der Waals surface area contributed by atoms with E-state index in [1.807, 2.05) is 91.0 Å². The van der Waals surface area contributed by atoms with Crippen molar-refractivity contribution in [1.82, 2.24) is 19.5 Å². The Balaban J connectivity index is 0.000000124. The SMILES string of the molecule is Brc1cccc(-c2cc(-c3ccccc3)nc(-c3ccccc3)c2)c1.c1ccc(-c2cc(-c3cccc(-n4c5c(c6cccc(-c7ccccc7)c64)-c4ccccc4Oc4ccccc4-5)c3)cc(-c3ccccc3)n2)cc1.c1ccc(-c2cccc3c4c([nH]c23)-c2ccccc2Oc2ccccc2-4)cc1. The van der Waals surface area contributed by atoms with Gasteiger partial charge in [0.2, 0.25) is 0 Å². The molecule has 0 radical (unpaired) electrons. The molecular formula is C98H65BrN4O2. The summed E-state index contributed by atoms with van der Waals surface area (Å²) in [5, 5.41) is 2.39. The van der Waals surface area contributed by atoms with Crippen LogP contribution < -0.4 is 9.47 Å². The van der Waals surface area contributed by atoms with Crippen molar-refractivity contribution in [2.75, 3.05) is 0 Å². The predicted octanol–water partition coefficient (Wildman–Crippen LogP) is 27.3. The van der Waals surface area contributed by atoms with E-state index in [0.717, 1.165) is 140 Å². The van der Waals surface area contributed by atoms with Crippen LogP contribution in [-0.2, 0) is 0 Å². The number of aromatic nitrogens is 4. The van der Waals surface area contributed by atoms with Crippen LogP contribution in [0.4, 0.5) is 0 Å².